The van der Waals surface area contributed by atoms with Crippen molar-refractivity contribution in [2.45, 2.75) is 0 Å². The number of hydrazone groups is 1. The predicted molar refractivity (Wildman–Crippen MR) is 133 cm³/mol. The molecule has 182 valence electrons. The lowest BCUT2D eigenvalue weighted by atomic mass is 10.1. The number of nitrogens with one attached hydrogen (secondary N) is 2. The summed E-state index contributed by atoms with van der Waals surface area (Å²) in [5, 5.41) is 17.4. The van der Waals surface area contributed by atoms with Gasteiger partial charge in [-0.15, -0.1) is 0 Å². The average Bonchev–Trinajstić information content (AvgIpc) is 2.91. The van der Waals surface area contributed by atoms with Gasteiger partial charge in [-0.05, 0) is 24.3 Å². The number of nitrogens with zero attached hydrogens (tertiary/aromatic N) is 7. The molecule has 1 fully saturated rings. The minimum absolute atomic E-state index is 0.100. The summed E-state index contributed by atoms with van der Waals surface area (Å²) >= 11 is 0. The Morgan fingerprint density at radius 1 is 1.00 bits per heavy atom. The topological polar surface area (TPSA) is 134 Å². The summed E-state index contributed by atoms with van der Waals surface area (Å²) in [5.74, 6) is -0.000778. The number of anilines is 4. The normalized spacial score (nSPS) is 13.6. The SMILES string of the molecule is Oc1cc(Nc2ccc(/C=N/Nc3ncc(F)c(N4CCOCC4)n3)nc2)cc(-c2cnccn2)c1. The highest BCUT2D eigenvalue weighted by Crippen LogP contribution is 2.28. The van der Waals surface area contributed by atoms with E-state index in [4.69, 9.17) is 4.74 Å². The van der Waals surface area contributed by atoms with E-state index in [0.717, 1.165) is 11.8 Å². The maximum absolute atomic E-state index is 14.2. The molecule has 36 heavy (non-hydrogen) atoms. The van der Waals surface area contributed by atoms with E-state index in [9.17, 15) is 9.50 Å². The van der Waals surface area contributed by atoms with Gasteiger partial charge in [0.1, 0.15) is 5.75 Å². The van der Waals surface area contributed by atoms with E-state index < -0.39 is 5.82 Å². The number of aromatic hydroxyl groups is 1. The molecular weight excluding hydrogens is 465 g/mol. The quantitative estimate of drug-likeness (QED) is 0.264. The van der Waals surface area contributed by atoms with Gasteiger partial charge in [0.2, 0.25) is 5.95 Å². The zero-order valence-corrected chi connectivity index (χ0v) is 19.0. The van der Waals surface area contributed by atoms with Crippen LogP contribution in [0.3, 0.4) is 0 Å². The zero-order valence-electron chi connectivity index (χ0n) is 19.0. The van der Waals surface area contributed by atoms with E-state index in [2.05, 4.69) is 40.8 Å². The lowest BCUT2D eigenvalue weighted by Crippen LogP contribution is -2.37. The van der Waals surface area contributed by atoms with Gasteiger partial charge in [-0.25, -0.2) is 14.8 Å². The summed E-state index contributed by atoms with van der Waals surface area (Å²) < 4.78 is 19.5. The first-order valence-corrected chi connectivity index (χ1v) is 11.1. The Morgan fingerprint density at radius 2 is 1.89 bits per heavy atom. The van der Waals surface area contributed by atoms with Crippen molar-refractivity contribution in [1.82, 2.24) is 24.9 Å². The summed E-state index contributed by atoms with van der Waals surface area (Å²) in [4.78, 5) is 22.7. The van der Waals surface area contributed by atoms with Gasteiger partial charge >= 0.3 is 0 Å². The third kappa shape index (κ3) is 5.67. The van der Waals surface area contributed by atoms with Crippen LogP contribution >= 0.6 is 0 Å². The molecule has 5 rings (SSSR count). The molecule has 0 unspecified atom stereocenters. The highest BCUT2D eigenvalue weighted by molar-refractivity contribution is 5.78. The number of ether oxygens (including phenoxy) is 1. The molecule has 0 radical (unpaired) electrons. The Kier molecular flexibility index (Phi) is 6.85. The fourth-order valence-corrected chi connectivity index (χ4v) is 3.57. The first kappa shape index (κ1) is 23.1. The van der Waals surface area contributed by atoms with Gasteiger partial charge in [0.15, 0.2) is 11.6 Å². The molecule has 3 aromatic heterocycles. The average molecular weight is 487 g/mol. The maximum atomic E-state index is 14.2. The molecule has 0 saturated carbocycles. The van der Waals surface area contributed by atoms with E-state index in [-0.39, 0.29) is 17.5 Å². The van der Waals surface area contributed by atoms with Crippen LogP contribution in [0.4, 0.5) is 27.5 Å². The number of phenols is 1. The number of benzene rings is 1. The Balaban J connectivity index is 1.22. The molecule has 0 spiro atoms. The van der Waals surface area contributed by atoms with Gasteiger partial charge in [-0.3, -0.25) is 15.0 Å². The second-order valence-corrected chi connectivity index (χ2v) is 7.79. The van der Waals surface area contributed by atoms with Gasteiger partial charge in [0.05, 0.1) is 55.1 Å². The van der Waals surface area contributed by atoms with Crippen LogP contribution in [0.2, 0.25) is 0 Å². The van der Waals surface area contributed by atoms with Crippen molar-refractivity contribution in [3.8, 4) is 17.0 Å². The fourth-order valence-electron chi connectivity index (χ4n) is 3.57. The van der Waals surface area contributed by atoms with Crippen LogP contribution in [0.15, 0.2) is 66.4 Å². The lowest BCUT2D eigenvalue weighted by Gasteiger charge is -2.27. The standard InChI is InChI=1S/C24H22FN9O2/c25-21-14-29-24(32-23(21)34-5-7-36-8-6-34)33-30-13-17-1-2-18(12-28-17)31-19-9-16(10-20(35)11-19)22-15-26-3-4-27-22/h1-4,9-15,31,35H,5-8H2,(H,29,32,33)/b30-13+. The summed E-state index contributed by atoms with van der Waals surface area (Å²) in [7, 11) is 0. The highest BCUT2D eigenvalue weighted by atomic mass is 19.1. The second kappa shape index (κ2) is 10.7. The van der Waals surface area contributed by atoms with Crippen LogP contribution < -0.4 is 15.6 Å². The molecule has 1 aliphatic heterocycles. The Hall–Kier alpha value is -4.71. The van der Waals surface area contributed by atoms with Gasteiger partial charge in [0, 0.05) is 42.8 Å². The summed E-state index contributed by atoms with van der Waals surface area (Å²) in [6.45, 7) is 2.17. The van der Waals surface area contributed by atoms with Crippen molar-refractivity contribution in [3.63, 3.8) is 0 Å². The number of hydrogen-bond acceptors (Lipinski definition) is 11. The van der Waals surface area contributed by atoms with Gasteiger partial charge in [0.25, 0.3) is 0 Å². The van der Waals surface area contributed by atoms with Crippen LogP contribution in [-0.4, -0.2) is 62.5 Å². The van der Waals surface area contributed by atoms with Crippen molar-refractivity contribution in [2.75, 3.05) is 41.9 Å². The number of morpholine rings is 1. The fraction of sp³-hybridized carbons (Fsp3) is 0.167. The molecule has 4 aromatic rings. The Labute approximate surface area is 205 Å². The van der Waals surface area contributed by atoms with Gasteiger partial charge in [-0.2, -0.15) is 10.1 Å². The molecule has 11 nitrogen and oxygen atoms in total. The molecule has 1 saturated heterocycles. The number of phenolic OH excluding ortho intramolecular Hbond substituents is 1. The third-order valence-corrected chi connectivity index (χ3v) is 5.25. The van der Waals surface area contributed by atoms with Gasteiger partial charge < -0.3 is 20.1 Å². The monoisotopic (exact) mass is 487 g/mol. The smallest absolute Gasteiger partial charge is 0.245 e. The van der Waals surface area contributed by atoms with E-state index in [1.165, 1.54) is 6.21 Å². The van der Waals surface area contributed by atoms with Crippen LogP contribution in [0, 0.1) is 5.82 Å². The molecular formula is C24H22FN9O2. The molecule has 1 aliphatic rings. The predicted octanol–water partition coefficient (Wildman–Crippen LogP) is 3.20. The third-order valence-electron chi connectivity index (χ3n) is 5.25. The Morgan fingerprint density at radius 3 is 2.67 bits per heavy atom. The highest BCUT2D eigenvalue weighted by Gasteiger charge is 2.17. The van der Waals surface area contributed by atoms with E-state index in [0.29, 0.717) is 49.1 Å². The maximum Gasteiger partial charge on any atom is 0.245 e. The van der Waals surface area contributed by atoms with Crippen LogP contribution in [-0.2, 0) is 4.74 Å². The molecule has 12 heteroatoms. The second-order valence-electron chi connectivity index (χ2n) is 7.79. The van der Waals surface area contributed by atoms with Crippen LogP contribution in [0.25, 0.3) is 11.3 Å². The van der Waals surface area contributed by atoms with Crippen molar-refractivity contribution < 1.29 is 14.2 Å². The molecule has 0 amide bonds. The summed E-state index contributed by atoms with van der Waals surface area (Å²) in [6.07, 6.45) is 9.07. The van der Waals surface area contributed by atoms with Crippen molar-refractivity contribution >= 4 is 29.4 Å². The molecule has 0 aliphatic carbocycles. The van der Waals surface area contributed by atoms with Crippen molar-refractivity contribution in [2.24, 2.45) is 5.10 Å². The van der Waals surface area contributed by atoms with E-state index >= 15 is 0 Å². The van der Waals surface area contributed by atoms with Crippen LogP contribution in [0.1, 0.15) is 5.69 Å². The van der Waals surface area contributed by atoms with Gasteiger partial charge in [-0.1, -0.05) is 0 Å². The van der Waals surface area contributed by atoms with E-state index in [1.54, 1.807) is 43.0 Å². The first-order valence-electron chi connectivity index (χ1n) is 11.1. The van der Waals surface area contributed by atoms with E-state index in [1.807, 2.05) is 17.0 Å². The first-order chi connectivity index (χ1) is 17.6. The number of rotatable bonds is 7. The minimum Gasteiger partial charge on any atom is -0.508 e. The van der Waals surface area contributed by atoms with Crippen molar-refractivity contribution in [1.29, 1.82) is 0 Å². The van der Waals surface area contributed by atoms with Crippen molar-refractivity contribution in [3.05, 3.63) is 72.8 Å². The molecule has 3 N–H and O–H groups in total. The minimum atomic E-state index is -0.494. The number of hydrogen-bond donors (Lipinski definition) is 3. The summed E-state index contributed by atoms with van der Waals surface area (Å²) in [5.41, 5.74) is 6.06. The molecule has 1 aromatic carbocycles. The van der Waals surface area contributed by atoms with Crippen LogP contribution in [0.5, 0.6) is 5.75 Å². The number of pyridine rings is 1. The Bertz CT molecular complexity index is 1350. The molecule has 0 bridgehead atoms. The molecule has 4 heterocycles. The largest absolute Gasteiger partial charge is 0.508 e. The number of halogens is 1. The zero-order chi connectivity index (χ0) is 24.7. The summed E-state index contributed by atoms with van der Waals surface area (Å²) in [6, 6.07) is 8.68. The lowest BCUT2D eigenvalue weighted by molar-refractivity contribution is 0.122. The molecule has 0 atom stereocenters. The number of aromatic nitrogens is 5.